The molecule has 1 aromatic heterocycles. The fourth-order valence-electron chi connectivity index (χ4n) is 7.43. The number of aromatic nitrogens is 1. The maximum absolute atomic E-state index is 13.6. The second kappa shape index (κ2) is 8.03. The SMILES string of the molecule is O=C(CC12CC3CC(CC(C3)C1)C2)Nc1cccc2c(=O)n(Cc3ccc(F)c(F)c3)ccc12. The molecule has 176 valence electrons. The van der Waals surface area contributed by atoms with Gasteiger partial charge < -0.3 is 9.88 Å². The highest BCUT2D eigenvalue weighted by molar-refractivity contribution is 6.02. The molecule has 4 nitrogen and oxygen atoms in total. The van der Waals surface area contributed by atoms with Gasteiger partial charge in [-0.25, -0.2) is 8.78 Å². The number of rotatable bonds is 5. The lowest BCUT2D eigenvalue weighted by Crippen LogP contribution is -2.47. The number of hydrogen-bond donors (Lipinski definition) is 1. The lowest BCUT2D eigenvalue weighted by atomic mass is 9.49. The first kappa shape index (κ1) is 21.5. The van der Waals surface area contributed by atoms with Crippen LogP contribution in [-0.4, -0.2) is 10.5 Å². The summed E-state index contributed by atoms with van der Waals surface area (Å²) in [7, 11) is 0. The summed E-state index contributed by atoms with van der Waals surface area (Å²) in [5.74, 6) is 0.568. The Bertz CT molecular complexity index is 1310. The van der Waals surface area contributed by atoms with Gasteiger partial charge in [0.05, 0.1) is 6.54 Å². The van der Waals surface area contributed by atoms with E-state index in [0.29, 0.717) is 28.4 Å². The standard InChI is InChI=1S/C28H28F2N2O2/c29-23-5-4-17(11-24(23)30)16-32-7-6-21-22(27(32)34)2-1-3-25(21)31-26(33)15-28-12-18-8-19(13-28)10-20(9-18)14-28/h1-7,11,18-20H,8-10,12-16H2,(H,31,33). The molecule has 4 saturated carbocycles. The number of amides is 1. The number of carbonyl (C=O) groups is 1. The molecular weight excluding hydrogens is 434 g/mol. The Morgan fingerprint density at radius 3 is 2.32 bits per heavy atom. The van der Waals surface area contributed by atoms with E-state index in [-0.39, 0.29) is 23.4 Å². The number of anilines is 1. The Morgan fingerprint density at radius 1 is 0.941 bits per heavy atom. The third-order valence-electron chi connectivity index (χ3n) is 8.33. The second-order valence-electron chi connectivity index (χ2n) is 10.9. The zero-order valence-corrected chi connectivity index (χ0v) is 19.0. The van der Waals surface area contributed by atoms with Gasteiger partial charge in [-0.2, -0.15) is 0 Å². The van der Waals surface area contributed by atoms with Gasteiger partial charge in [-0.05, 0) is 97.6 Å². The molecule has 6 heteroatoms. The number of nitrogens with zero attached hydrogens (tertiary/aromatic N) is 1. The molecule has 4 bridgehead atoms. The summed E-state index contributed by atoms with van der Waals surface area (Å²) in [5.41, 5.74) is 1.06. The number of carbonyl (C=O) groups excluding carboxylic acids is 1. The van der Waals surface area contributed by atoms with Gasteiger partial charge in [0.1, 0.15) is 0 Å². The van der Waals surface area contributed by atoms with Crippen LogP contribution in [0, 0.1) is 34.8 Å². The lowest BCUT2D eigenvalue weighted by molar-refractivity contribution is -0.124. The normalized spacial score (nSPS) is 27.3. The van der Waals surface area contributed by atoms with E-state index in [4.69, 9.17) is 0 Å². The Labute approximate surface area is 197 Å². The molecule has 0 unspecified atom stereocenters. The number of halogens is 2. The van der Waals surface area contributed by atoms with Crippen LogP contribution in [0.15, 0.2) is 53.5 Å². The van der Waals surface area contributed by atoms with Crippen molar-refractivity contribution in [2.24, 2.45) is 23.2 Å². The molecule has 7 rings (SSSR count). The van der Waals surface area contributed by atoms with Crippen LogP contribution in [0.2, 0.25) is 0 Å². The zero-order chi connectivity index (χ0) is 23.4. The average Bonchev–Trinajstić information content (AvgIpc) is 2.77. The predicted molar refractivity (Wildman–Crippen MR) is 128 cm³/mol. The fraction of sp³-hybridized carbons (Fsp3) is 0.429. The van der Waals surface area contributed by atoms with Crippen LogP contribution in [0.4, 0.5) is 14.5 Å². The molecule has 4 aliphatic rings. The van der Waals surface area contributed by atoms with Crippen LogP contribution < -0.4 is 10.9 Å². The van der Waals surface area contributed by atoms with Crippen molar-refractivity contribution in [2.45, 2.75) is 51.5 Å². The highest BCUT2D eigenvalue weighted by Gasteiger charge is 2.51. The second-order valence-corrected chi connectivity index (χ2v) is 10.9. The molecule has 0 spiro atoms. The van der Waals surface area contributed by atoms with Crippen molar-refractivity contribution in [1.29, 1.82) is 0 Å². The van der Waals surface area contributed by atoms with E-state index in [1.165, 1.54) is 49.2 Å². The minimum Gasteiger partial charge on any atom is -0.325 e. The first-order valence-electron chi connectivity index (χ1n) is 12.2. The highest BCUT2D eigenvalue weighted by atomic mass is 19.2. The van der Waals surface area contributed by atoms with Crippen LogP contribution in [0.5, 0.6) is 0 Å². The number of benzene rings is 2. The van der Waals surface area contributed by atoms with Gasteiger partial charge in [0.15, 0.2) is 11.6 Å². The summed E-state index contributed by atoms with van der Waals surface area (Å²) in [4.78, 5) is 26.2. The van der Waals surface area contributed by atoms with E-state index in [2.05, 4.69) is 5.32 Å². The first-order chi connectivity index (χ1) is 16.4. The first-order valence-corrected chi connectivity index (χ1v) is 12.2. The Hall–Kier alpha value is -3.02. The Morgan fingerprint density at radius 2 is 1.65 bits per heavy atom. The number of hydrogen-bond acceptors (Lipinski definition) is 2. The van der Waals surface area contributed by atoms with E-state index in [1.807, 2.05) is 6.07 Å². The van der Waals surface area contributed by atoms with E-state index >= 15 is 0 Å². The molecule has 34 heavy (non-hydrogen) atoms. The highest BCUT2D eigenvalue weighted by Crippen LogP contribution is 2.61. The quantitative estimate of drug-likeness (QED) is 0.515. The molecule has 1 heterocycles. The number of nitrogens with one attached hydrogen (secondary N) is 1. The van der Waals surface area contributed by atoms with Crippen LogP contribution in [0.1, 0.15) is 50.5 Å². The molecule has 3 aromatic rings. The molecule has 0 atom stereocenters. The molecule has 1 N–H and O–H groups in total. The summed E-state index contributed by atoms with van der Waals surface area (Å²) < 4.78 is 28.3. The third kappa shape index (κ3) is 3.83. The van der Waals surface area contributed by atoms with Crippen molar-refractivity contribution in [3.63, 3.8) is 0 Å². The molecular formula is C28H28F2N2O2. The molecule has 0 saturated heterocycles. The minimum atomic E-state index is -0.935. The zero-order valence-electron chi connectivity index (χ0n) is 19.0. The maximum atomic E-state index is 13.6. The molecule has 4 aliphatic carbocycles. The van der Waals surface area contributed by atoms with Gasteiger partial charge in [-0.1, -0.05) is 12.1 Å². The largest absolute Gasteiger partial charge is 0.325 e. The van der Waals surface area contributed by atoms with Crippen LogP contribution >= 0.6 is 0 Å². The summed E-state index contributed by atoms with van der Waals surface area (Å²) in [6.45, 7) is 0.134. The summed E-state index contributed by atoms with van der Waals surface area (Å²) in [6.07, 6.45) is 9.77. The van der Waals surface area contributed by atoms with Crippen molar-refractivity contribution in [3.8, 4) is 0 Å². The molecule has 0 aliphatic heterocycles. The van der Waals surface area contributed by atoms with E-state index < -0.39 is 11.6 Å². The number of pyridine rings is 1. The molecule has 2 aromatic carbocycles. The van der Waals surface area contributed by atoms with Crippen molar-refractivity contribution >= 4 is 22.4 Å². The van der Waals surface area contributed by atoms with Crippen LogP contribution in [-0.2, 0) is 11.3 Å². The van der Waals surface area contributed by atoms with Crippen molar-refractivity contribution < 1.29 is 13.6 Å². The summed E-state index contributed by atoms with van der Waals surface area (Å²) in [5, 5.41) is 4.26. The van der Waals surface area contributed by atoms with E-state index in [9.17, 15) is 18.4 Å². The lowest BCUT2D eigenvalue weighted by Gasteiger charge is -2.56. The van der Waals surface area contributed by atoms with Gasteiger partial charge in [0, 0.05) is 29.1 Å². The van der Waals surface area contributed by atoms with Gasteiger partial charge in [0.2, 0.25) is 5.91 Å². The summed E-state index contributed by atoms with van der Waals surface area (Å²) >= 11 is 0. The molecule has 1 amide bonds. The topological polar surface area (TPSA) is 51.1 Å². The Balaban J connectivity index is 1.23. The van der Waals surface area contributed by atoms with Crippen LogP contribution in [0.25, 0.3) is 10.8 Å². The fourth-order valence-corrected chi connectivity index (χ4v) is 7.43. The Kier molecular flexibility index (Phi) is 5.08. The van der Waals surface area contributed by atoms with Gasteiger partial charge in [0.25, 0.3) is 5.56 Å². The van der Waals surface area contributed by atoms with Gasteiger partial charge in [-0.15, -0.1) is 0 Å². The van der Waals surface area contributed by atoms with E-state index in [1.54, 1.807) is 24.4 Å². The smallest absolute Gasteiger partial charge is 0.258 e. The van der Waals surface area contributed by atoms with E-state index in [0.717, 1.165) is 29.9 Å². The minimum absolute atomic E-state index is 0.0282. The third-order valence-corrected chi connectivity index (χ3v) is 8.33. The van der Waals surface area contributed by atoms with Gasteiger partial charge in [-0.3, -0.25) is 9.59 Å². The average molecular weight is 463 g/mol. The number of fused-ring (bicyclic) bond motifs is 1. The predicted octanol–water partition coefficient (Wildman–Crippen LogP) is 5.87. The molecule has 0 radical (unpaired) electrons. The van der Waals surface area contributed by atoms with Crippen molar-refractivity contribution in [1.82, 2.24) is 4.57 Å². The van der Waals surface area contributed by atoms with Crippen molar-refractivity contribution in [3.05, 3.63) is 76.2 Å². The molecule has 4 fully saturated rings. The van der Waals surface area contributed by atoms with Crippen LogP contribution in [0.3, 0.4) is 0 Å². The maximum Gasteiger partial charge on any atom is 0.258 e. The summed E-state index contributed by atoms with van der Waals surface area (Å²) in [6, 6.07) is 10.8. The van der Waals surface area contributed by atoms with Gasteiger partial charge >= 0.3 is 0 Å². The monoisotopic (exact) mass is 462 g/mol. The van der Waals surface area contributed by atoms with Crippen molar-refractivity contribution in [2.75, 3.05) is 5.32 Å².